The third-order valence-corrected chi connectivity index (χ3v) is 12.5. The topological polar surface area (TPSA) is 47.9 Å². The van der Waals surface area contributed by atoms with E-state index in [1.807, 2.05) is 48.2 Å². The van der Waals surface area contributed by atoms with Crippen LogP contribution in [0.25, 0.3) is 56.4 Å². The molecule has 0 saturated carbocycles. The Morgan fingerprint density at radius 2 is 1.12 bits per heavy atom. The molecule has 0 radical (unpaired) electrons. The number of ether oxygens (including phenoxy) is 1. The maximum absolute atomic E-state index is 6.57. The molecule has 4 aliphatic rings. The molecule has 0 fully saturated rings. The predicted octanol–water partition coefficient (Wildman–Crippen LogP) is 12.6. The summed E-state index contributed by atoms with van der Waals surface area (Å²) in [6.07, 6.45) is 12.3. The Kier molecular flexibility index (Phi) is 7.99. The lowest BCUT2D eigenvalue weighted by atomic mass is 9.80. The highest BCUT2D eigenvalue weighted by molar-refractivity contribution is 8.03. The van der Waals surface area contributed by atoms with Crippen LogP contribution in [-0.4, -0.2) is 21.1 Å². The van der Waals surface area contributed by atoms with Crippen molar-refractivity contribution in [2.75, 3.05) is 0 Å². The van der Waals surface area contributed by atoms with Crippen LogP contribution in [0.5, 0.6) is 5.75 Å². The maximum Gasteiger partial charge on any atom is 0.164 e. The second kappa shape index (κ2) is 13.6. The molecule has 7 aromatic rings. The first-order valence-corrected chi connectivity index (χ1v) is 20.0. The Balaban J connectivity index is 0.915. The van der Waals surface area contributed by atoms with Gasteiger partial charge >= 0.3 is 0 Å². The number of aromatic nitrogens is 3. The Morgan fingerprint density at radius 1 is 0.536 bits per heavy atom. The van der Waals surface area contributed by atoms with Gasteiger partial charge in [-0.1, -0.05) is 157 Å². The summed E-state index contributed by atoms with van der Waals surface area (Å²) < 4.78 is 6.57. The van der Waals surface area contributed by atoms with E-state index in [0.717, 1.165) is 40.0 Å². The molecule has 5 heteroatoms. The molecule has 3 atom stereocenters. The molecule has 0 bridgehead atoms. The van der Waals surface area contributed by atoms with Crippen molar-refractivity contribution < 1.29 is 4.74 Å². The van der Waals surface area contributed by atoms with Crippen LogP contribution in [0.2, 0.25) is 0 Å². The Bertz CT molecular complexity index is 2770. The zero-order chi connectivity index (χ0) is 37.0. The molecule has 266 valence electrons. The van der Waals surface area contributed by atoms with E-state index in [1.165, 1.54) is 43.2 Å². The Morgan fingerprint density at radius 3 is 1.89 bits per heavy atom. The van der Waals surface area contributed by atoms with Gasteiger partial charge in [-0.15, -0.1) is 0 Å². The summed E-state index contributed by atoms with van der Waals surface area (Å²) in [4.78, 5) is 18.0. The van der Waals surface area contributed by atoms with E-state index in [2.05, 4.69) is 146 Å². The van der Waals surface area contributed by atoms with E-state index >= 15 is 0 Å². The average molecular weight is 738 g/mol. The number of thioether (sulfide) groups is 1. The van der Waals surface area contributed by atoms with Crippen LogP contribution in [-0.2, 0) is 0 Å². The lowest BCUT2D eigenvalue weighted by Crippen LogP contribution is -2.19. The van der Waals surface area contributed by atoms with Crippen LogP contribution in [0, 0.1) is 0 Å². The molecule has 0 amide bonds. The standard InChI is InChI=1S/C51H35N3OS/c1-3-10-32(11-4-1)33-20-24-37(25-21-33)50-52-49(36-12-5-2-6-13-36)53-51(54-50)39-27-29-44-43(30-39)48-40(15-9-16-45(48)55-44)35-22-18-34(19-23-35)38-26-28-42-41-14-7-8-17-46(41)56-47(42)31-38/h1-27,29-31,42,45,48H,28H2. The van der Waals surface area contributed by atoms with Crippen molar-refractivity contribution in [1.29, 1.82) is 0 Å². The molecule has 4 nitrogen and oxygen atoms in total. The number of benzene rings is 6. The molecule has 3 heterocycles. The zero-order valence-electron chi connectivity index (χ0n) is 30.4. The second-order valence-corrected chi connectivity index (χ2v) is 15.8. The summed E-state index contributed by atoms with van der Waals surface area (Å²) in [5, 5.41) is 0. The van der Waals surface area contributed by atoms with E-state index in [4.69, 9.17) is 19.7 Å². The van der Waals surface area contributed by atoms with Crippen LogP contribution < -0.4 is 4.74 Å². The summed E-state index contributed by atoms with van der Waals surface area (Å²) in [7, 11) is 0. The molecular weight excluding hydrogens is 703 g/mol. The van der Waals surface area contributed by atoms with Gasteiger partial charge in [0.2, 0.25) is 0 Å². The largest absolute Gasteiger partial charge is 0.485 e. The number of nitrogens with zero attached hydrogens (tertiary/aromatic N) is 3. The van der Waals surface area contributed by atoms with Crippen molar-refractivity contribution >= 4 is 22.9 Å². The van der Waals surface area contributed by atoms with Crippen molar-refractivity contribution in [1.82, 2.24) is 15.0 Å². The fourth-order valence-corrected chi connectivity index (χ4v) is 9.74. The van der Waals surface area contributed by atoms with Crippen molar-refractivity contribution in [2.45, 2.75) is 29.3 Å². The molecule has 0 N–H and O–H groups in total. The summed E-state index contributed by atoms with van der Waals surface area (Å²) in [5.41, 5.74) is 12.7. The second-order valence-electron chi connectivity index (χ2n) is 14.6. The lowest BCUT2D eigenvalue weighted by molar-refractivity contribution is 0.271. The summed E-state index contributed by atoms with van der Waals surface area (Å²) in [6.45, 7) is 0. The van der Waals surface area contributed by atoms with Gasteiger partial charge in [0.1, 0.15) is 11.9 Å². The van der Waals surface area contributed by atoms with Gasteiger partial charge in [-0.25, -0.2) is 15.0 Å². The lowest BCUT2D eigenvalue weighted by Gasteiger charge is -2.23. The first kappa shape index (κ1) is 32.8. The van der Waals surface area contributed by atoms with Crippen LogP contribution in [0.15, 0.2) is 192 Å². The SMILES string of the molecule is C1=CC2Oc3ccc(-c4nc(-c5ccccc5)nc(-c5ccc(-c6ccccc6)cc5)n4)cc3C2C(c2ccc(C3=CCC4C(=C3)Sc3ccccc34)cc2)=C1. The predicted molar refractivity (Wildman–Crippen MR) is 228 cm³/mol. The van der Waals surface area contributed by atoms with Gasteiger partial charge in [0, 0.05) is 33.1 Å². The van der Waals surface area contributed by atoms with E-state index in [-0.39, 0.29) is 12.0 Å². The van der Waals surface area contributed by atoms with E-state index in [1.54, 1.807) is 0 Å². The minimum Gasteiger partial charge on any atom is -0.485 e. The van der Waals surface area contributed by atoms with Gasteiger partial charge in [-0.3, -0.25) is 0 Å². The normalized spacial score (nSPS) is 18.8. The molecule has 6 aromatic carbocycles. The molecule has 0 spiro atoms. The number of hydrogen-bond acceptors (Lipinski definition) is 5. The number of fused-ring (bicyclic) bond motifs is 6. The van der Waals surface area contributed by atoms with Crippen LogP contribution in [0.4, 0.5) is 0 Å². The highest BCUT2D eigenvalue weighted by Gasteiger charge is 2.38. The van der Waals surface area contributed by atoms with Gasteiger partial charge in [0.25, 0.3) is 0 Å². The fourth-order valence-electron chi connectivity index (χ4n) is 8.46. The van der Waals surface area contributed by atoms with Gasteiger partial charge < -0.3 is 4.74 Å². The zero-order valence-corrected chi connectivity index (χ0v) is 31.2. The molecule has 3 unspecified atom stereocenters. The molecule has 0 saturated heterocycles. The van der Waals surface area contributed by atoms with Gasteiger partial charge in [-0.2, -0.15) is 0 Å². The molecule has 56 heavy (non-hydrogen) atoms. The van der Waals surface area contributed by atoms with E-state index in [9.17, 15) is 0 Å². The Hall–Kier alpha value is -6.56. The molecule has 2 aliphatic carbocycles. The molecule has 2 aliphatic heterocycles. The van der Waals surface area contributed by atoms with Gasteiger partial charge in [0.15, 0.2) is 17.5 Å². The summed E-state index contributed by atoms with van der Waals surface area (Å²) >= 11 is 1.92. The van der Waals surface area contributed by atoms with E-state index in [0.29, 0.717) is 23.4 Å². The molecule has 11 rings (SSSR count). The van der Waals surface area contributed by atoms with E-state index < -0.39 is 0 Å². The Labute approximate surface area is 330 Å². The highest BCUT2D eigenvalue weighted by atomic mass is 32.2. The van der Waals surface area contributed by atoms with Crippen molar-refractivity contribution in [3.63, 3.8) is 0 Å². The molecule has 1 aromatic heterocycles. The minimum absolute atomic E-state index is 0.0476. The minimum atomic E-state index is -0.0828. The third kappa shape index (κ3) is 5.83. The monoisotopic (exact) mass is 737 g/mol. The fraction of sp³-hybridized carbons (Fsp3) is 0.0784. The average Bonchev–Trinajstić information content (AvgIpc) is 3.85. The van der Waals surface area contributed by atoms with Crippen LogP contribution >= 0.6 is 11.8 Å². The van der Waals surface area contributed by atoms with Gasteiger partial charge in [0.05, 0.1) is 5.92 Å². The van der Waals surface area contributed by atoms with Crippen LogP contribution in [0.3, 0.4) is 0 Å². The van der Waals surface area contributed by atoms with Crippen LogP contribution in [0.1, 0.15) is 40.5 Å². The number of hydrogen-bond donors (Lipinski definition) is 0. The third-order valence-electron chi connectivity index (χ3n) is 11.3. The van der Waals surface area contributed by atoms with Crippen molar-refractivity contribution in [3.8, 4) is 51.0 Å². The quantitative estimate of drug-likeness (QED) is 0.170. The van der Waals surface area contributed by atoms with Crippen molar-refractivity contribution in [2.24, 2.45) is 0 Å². The highest BCUT2D eigenvalue weighted by Crippen LogP contribution is 2.53. The number of allylic oxidation sites excluding steroid dienone is 6. The first-order valence-electron chi connectivity index (χ1n) is 19.2. The number of rotatable bonds is 6. The summed E-state index contributed by atoms with van der Waals surface area (Å²) in [6, 6.07) is 53.3. The van der Waals surface area contributed by atoms with Gasteiger partial charge in [-0.05, 0) is 86.7 Å². The first-order chi connectivity index (χ1) is 27.7. The molecular formula is C51H35N3OS. The smallest absolute Gasteiger partial charge is 0.164 e. The summed E-state index contributed by atoms with van der Waals surface area (Å²) in [5.74, 6) is 3.35. The van der Waals surface area contributed by atoms with Crippen molar-refractivity contribution in [3.05, 3.63) is 209 Å². The maximum atomic E-state index is 6.57.